The molecule has 0 aliphatic heterocycles. The van der Waals surface area contributed by atoms with E-state index >= 15 is 0 Å². The molecule has 0 radical (unpaired) electrons. The Labute approximate surface area is 165 Å². The molecule has 3 aromatic rings. The van der Waals surface area contributed by atoms with E-state index in [9.17, 15) is 4.79 Å². The van der Waals surface area contributed by atoms with Crippen LogP contribution in [0.3, 0.4) is 0 Å². The molecule has 5 heteroatoms. The highest BCUT2D eigenvalue weighted by molar-refractivity contribution is 9.10. The zero-order chi connectivity index (χ0) is 18.2. The van der Waals surface area contributed by atoms with Crippen molar-refractivity contribution >= 4 is 39.8 Å². The number of hydrazone groups is 1. The Morgan fingerprint density at radius 2 is 1.77 bits per heavy atom. The average molecular weight is 425 g/mol. The summed E-state index contributed by atoms with van der Waals surface area (Å²) < 4.78 is 0.969. The van der Waals surface area contributed by atoms with Crippen LogP contribution < -0.4 is 5.43 Å². The fraction of sp³-hybridized carbons (Fsp3) is 0.0476. The van der Waals surface area contributed by atoms with E-state index in [1.807, 2.05) is 66.7 Å². The van der Waals surface area contributed by atoms with Crippen LogP contribution in [0.5, 0.6) is 0 Å². The van der Waals surface area contributed by atoms with Crippen LogP contribution in [0.25, 0.3) is 0 Å². The van der Waals surface area contributed by atoms with Crippen molar-refractivity contribution in [1.29, 1.82) is 0 Å². The average Bonchev–Trinajstić information content (AvgIpc) is 2.67. The van der Waals surface area contributed by atoms with Crippen LogP contribution in [0.4, 0.5) is 0 Å². The Kier molecular flexibility index (Phi) is 6.63. The highest BCUT2D eigenvalue weighted by Crippen LogP contribution is 2.22. The summed E-state index contributed by atoms with van der Waals surface area (Å²) >= 11 is 5.18. The van der Waals surface area contributed by atoms with Gasteiger partial charge < -0.3 is 0 Å². The molecule has 0 aliphatic carbocycles. The summed E-state index contributed by atoms with van der Waals surface area (Å²) in [6, 6.07) is 25.6. The first-order chi connectivity index (χ1) is 12.7. The number of halogens is 1. The van der Waals surface area contributed by atoms with Gasteiger partial charge in [0.25, 0.3) is 5.91 Å². The number of thioether (sulfide) groups is 1. The molecule has 0 atom stereocenters. The first-order valence-electron chi connectivity index (χ1n) is 8.06. The van der Waals surface area contributed by atoms with E-state index in [4.69, 9.17) is 0 Å². The molecule has 0 bridgehead atoms. The zero-order valence-corrected chi connectivity index (χ0v) is 16.3. The molecule has 1 amide bonds. The Hall–Kier alpha value is -2.37. The van der Waals surface area contributed by atoms with Crippen molar-refractivity contribution < 1.29 is 4.79 Å². The van der Waals surface area contributed by atoms with Crippen molar-refractivity contribution in [2.24, 2.45) is 5.10 Å². The van der Waals surface area contributed by atoms with Crippen molar-refractivity contribution in [3.8, 4) is 0 Å². The molecule has 3 aromatic carbocycles. The highest BCUT2D eigenvalue weighted by Gasteiger charge is 2.04. The molecule has 0 saturated carbocycles. The van der Waals surface area contributed by atoms with Gasteiger partial charge in [0.05, 0.1) is 6.21 Å². The molecule has 0 heterocycles. The standard InChI is InChI=1S/C21H17BrN2OS/c22-19-6-4-5-17(13-19)14-23-24-21(25)18-11-9-16(10-12-18)15-26-20-7-2-1-3-8-20/h1-14H,15H2,(H,24,25)/b23-14-. The molecule has 0 saturated heterocycles. The number of hydrogen-bond acceptors (Lipinski definition) is 3. The lowest BCUT2D eigenvalue weighted by atomic mass is 10.1. The van der Waals surface area contributed by atoms with E-state index in [2.05, 4.69) is 38.6 Å². The lowest BCUT2D eigenvalue weighted by Crippen LogP contribution is -2.17. The fourth-order valence-corrected chi connectivity index (χ4v) is 3.54. The van der Waals surface area contributed by atoms with Crippen LogP contribution in [-0.2, 0) is 5.75 Å². The van der Waals surface area contributed by atoms with Gasteiger partial charge in [-0.05, 0) is 47.5 Å². The summed E-state index contributed by atoms with van der Waals surface area (Å²) in [5, 5.41) is 4.01. The second-order valence-electron chi connectivity index (χ2n) is 5.55. The summed E-state index contributed by atoms with van der Waals surface area (Å²) in [7, 11) is 0. The van der Waals surface area contributed by atoms with Gasteiger partial charge in [0.15, 0.2) is 0 Å². The van der Waals surface area contributed by atoms with Gasteiger partial charge in [0, 0.05) is 20.7 Å². The third kappa shape index (κ3) is 5.58. The SMILES string of the molecule is O=C(N/N=C\c1cccc(Br)c1)c1ccc(CSc2ccccc2)cc1. The maximum atomic E-state index is 12.2. The number of rotatable bonds is 6. The molecule has 26 heavy (non-hydrogen) atoms. The van der Waals surface area contributed by atoms with E-state index in [1.165, 1.54) is 10.5 Å². The van der Waals surface area contributed by atoms with Gasteiger partial charge in [-0.2, -0.15) is 5.10 Å². The number of hydrogen-bond donors (Lipinski definition) is 1. The second-order valence-corrected chi connectivity index (χ2v) is 7.52. The van der Waals surface area contributed by atoms with Crippen LogP contribution in [0.2, 0.25) is 0 Å². The van der Waals surface area contributed by atoms with Crippen LogP contribution >= 0.6 is 27.7 Å². The van der Waals surface area contributed by atoms with Crippen molar-refractivity contribution in [1.82, 2.24) is 5.43 Å². The monoisotopic (exact) mass is 424 g/mol. The van der Waals surface area contributed by atoms with Crippen molar-refractivity contribution in [3.05, 3.63) is 100 Å². The molecular weight excluding hydrogens is 408 g/mol. The Morgan fingerprint density at radius 1 is 1.00 bits per heavy atom. The summed E-state index contributed by atoms with van der Waals surface area (Å²) in [6.07, 6.45) is 1.62. The van der Waals surface area contributed by atoms with Gasteiger partial charge in [-0.15, -0.1) is 11.8 Å². The third-order valence-corrected chi connectivity index (χ3v) is 5.17. The maximum absolute atomic E-state index is 12.2. The summed E-state index contributed by atoms with van der Waals surface area (Å²) in [4.78, 5) is 13.4. The number of benzene rings is 3. The number of carbonyl (C=O) groups is 1. The number of amides is 1. The molecule has 0 aromatic heterocycles. The molecule has 3 nitrogen and oxygen atoms in total. The minimum atomic E-state index is -0.224. The fourth-order valence-electron chi connectivity index (χ4n) is 2.25. The number of nitrogens with one attached hydrogen (secondary N) is 1. The van der Waals surface area contributed by atoms with Crippen LogP contribution in [-0.4, -0.2) is 12.1 Å². The van der Waals surface area contributed by atoms with E-state index in [-0.39, 0.29) is 5.91 Å². The topological polar surface area (TPSA) is 41.5 Å². The Balaban J connectivity index is 1.53. The quantitative estimate of drug-likeness (QED) is 0.322. The Bertz CT molecular complexity index is 895. The molecule has 0 spiro atoms. The van der Waals surface area contributed by atoms with Crippen LogP contribution in [0.15, 0.2) is 93.3 Å². The van der Waals surface area contributed by atoms with Crippen molar-refractivity contribution in [2.75, 3.05) is 0 Å². The van der Waals surface area contributed by atoms with Gasteiger partial charge >= 0.3 is 0 Å². The number of nitrogens with zero attached hydrogens (tertiary/aromatic N) is 1. The third-order valence-electron chi connectivity index (χ3n) is 3.59. The molecular formula is C21H17BrN2OS. The summed E-state index contributed by atoms with van der Waals surface area (Å²) in [5.74, 6) is 0.644. The molecule has 0 aliphatic rings. The van der Waals surface area contributed by atoms with E-state index in [0.29, 0.717) is 5.56 Å². The minimum absolute atomic E-state index is 0.224. The predicted octanol–water partition coefficient (Wildman–Crippen LogP) is 5.51. The van der Waals surface area contributed by atoms with Gasteiger partial charge in [-0.3, -0.25) is 4.79 Å². The predicted molar refractivity (Wildman–Crippen MR) is 112 cm³/mol. The second kappa shape index (κ2) is 9.36. The van der Waals surface area contributed by atoms with E-state index in [0.717, 1.165) is 15.8 Å². The lowest BCUT2D eigenvalue weighted by Gasteiger charge is -2.04. The highest BCUT2D eigenvalue weighted by atomic mass is 79.9. The summed E-state index contributed by atoms with van der Waals surface area (Å²) in [5.41, 5.74) is 5.23. The van der Waals surface area contributed by atoms with Crippen LogP contribution in [0.1, 0.15) is 21.5 Å². The van der Waals surface area contributed by atoms with Gasteiger partial charge in [-0.25, -0.2) is 5.43 Å². The van der Waals surface area contributed by atoms with Gasteiger partial charge in [0.1, 0.15) is 0 Å². The molecule has 3 rings (SSSR count). The van der Waals surface area contributed by atoms with Gasteiger partial charge in [0.2, 0.25) is 0 Å². The lowest BCUT2D eigenvalue weighted by molar-refractivity contribution is 0.0955. The number of carbonyl (C=O) groups excluding carboxylic acids is 1. The molecule has 1 N–H and O–H groups in total. The van der Waals surface area contributed by atoms with Crippen molar-refractivity contribution in [2.45, 2.75) is 10.6 Å². The largest absolute Gasteiger partial charge is 0.271 e. The first-order valence-corrected chi connectivity index (χ1v) is 9.84. The zero-order valence-electron chi connectivity index (χ0n) is 13.9. The Morgan fingerprint density at radius 3 is 2.50 bits per heavy atom. The molecule has 0 unspecified atom stereocenters. The van der Waals surface area contributed by atoms with Crippen LogP contribution in [0, 0.1) is 0 Å². The summed E-state index contributed by atoms with van der Waals surface area (Å²) in [6.45, 7) is 0. The van der Waals surface area contributed by atoms with Gasteiger partial charge in [-0.1, -0.05) is 58.4 Å². The smallest absolute Gasteiger partial charge is 0.267 e. The maximum Gasteiger partial charge on any atom is 0.271 e. The molecule has 0 fully saturated rings. The minimum Gasteiger partial charge on any atom is -0.267 e. The van der Waals surface area contributed by atoms with Crippen molar-refractivity contribution in [3.63, 3.8) is 0 Å². The van der Waals surface area contributed by atoms with E-state index < -0.39 is 0 Å². The first kappa shape index (κ1) is 18.4. The molecule has 130 valence electrons. The van der Waals surface area contributed by atoms with E-state index in [1.54, 1.807) is 18.0 Å². The normalized spacial score (nSPS) is 10.8.